The number of nitrogens with one attached hydrogen (secondary N) is 1. The van der Waals surface area contributed by atoms with Crippen molar-refractivity contribution in [1.29, 1.82) is 0 Å². The molecular formula is C10H11ClFNO2. The smallest absolute Gasteiger partial charge is 0.250 e. The number of hydrogen-bond acceptors (Lipinski definition) is 2. The number of amides is 1. The minimum atomic E-state index is -0.564. The molecule has 0 atom stereocenters. The molecule has 0 aliphatic carbocycles. The highest BCUT2D eigenvalue weighted by atomic mass is 35.5. The largest absolute Gasteiger partial charge is 0.372 e. The molecule has 5 heteroatoms. The zero-order valence-electron chi connectivity index (χ0n) is 8.22. The predicted octanol–water partition coefficient (Wildman–Crippen LogP) is 2.45. The highest BCUT2D eigenvalue weighted by molar-refractivity contribution is 6.30. The number of anilines is 1. The lowest BCUT2D eigenvalue weighted by Gasteiger charge is -2.05. The van der Waals surface area contributed by atoms with Crippen molar-refractivity contribution in [3.63, 3.8) is 0 Å². The van der Waals surface area contributed by atoms with Crippen LogP contribution in [-0.4, -0.2) is 19.1 Å². The first-order chi connectivity index (χ1) is 7.13. The minimum absolute atomic E-state index is 0.0257. The summed E-state index contributed by atoms with van der Waals surface area (Å²) >= 11 is 5.49. The number of hydrogen-bond donors (Lipinski definition) is 1. The van der Waals surface area contributed by atoms with Crippen molar-refractivity contribution in [3.05, 3.63) is 29.0 Å². The molecule has 0 saturated carbocycles. The van der Waals surface area contributed by atoms with Crippen molar-refractivity contribution in [2.45, 2.75) is 6.92 Å². The highest BCUT2D eigenvalue weighted by Gasteiger charge is 2.04. The Morgan fingerprint density at radius 3 is 2.93 bits per heavy atom. The van der Waals surface area contributed by atoms with Gasteiger partial charge in [-0.2, -0.15) is 0 Å². The van der Waals surface area contributed by atoms with Crippen LogP contribution >= 0.6 is 11.6 Å². The van der Waals surface area contributed by atoms with Gasteiger partial charge in [-0.15, -0.1) is 0 Å². The molecule has 1 N–H and O–H groups in total. The van der Waals surface area contributed by atoms with Gasteiger partial charge in [-0.3, -0.25) is 4.79 Å². The van der Waals surface area contributed by atoms with Crippen LogP contribution < -0.4 is 5.32 Å². The van der Waals surface area contributed by atoms with Crippen LogP contribution in [0, 0.1) is 5.82 Å². The van der Waals surface area contributed by atoms with Gasteiger partial charge in [-0.05, 0) is 25.1 Å². The van der Waals surface area contributed by atoms with E-state index in [1.54, 1.807) is 6.92 Å². The molecule has 0 bridgehead atoms. The Balaban J connectivity index is 2.57. The summed E-state index contributed by atoms with van der Waals surface area (Å²) < 4.78 is 17.9. The summed E-state index contributed by atoms with van der Waals surface area (Å²) in [7, 11) is 0. The van der Waals surface area contributed by atoms with E-state index in [9.17, 15) is 9.18 Å². The maximum Gasteiger partial charge on any atom is 0.250 e. The molecule has 0 unspecified atom stereocenters. The lowest BCUT2D eigenvalue weighted by molar-refractivity contribution is -0.120. The number of halogens is 2. The molecule has 15 heavy (non-hydrogen) atoms. The van der Waals surface area contributed by atoms with Crippen molar-refractivity contribution in [1.82, 2.24) is 0 Å². The van der Waals surface area contributed by atoms with Crippen molar-refractivity contribution in [3.8, 4) is 0 Å². The van der Waals surface area contributed by atoms with Gasteiger partial charge in [0.05, 0.1) is 5.02 Å². The second-order valence-corrected chi connectivity index (χ2v) is 3.22. The van der Waals surface area contributed by atoms with Crippen LogP contribution in [0.1, 0.15) is 6.92 Å². The normalized spacial score (nSPS) is 10.1. The van der Waals surface area contributed by atoms with Crippen LogP contribution in [0.25, 0.3) is 0 Å². The fourth-order valence-electron chi connectivity index (χ4n) is 0.966. The van der Waals surface area contributed by atoms with Crippen LogP contribution in [0.15, 0.2) is 18.2 Å². The maximum absolute atomic E-state index is 13.0. The first-order valence-electron chi connectivity index (χ1n) is 4.46. The third-order valence-electron chi connectivity index (χ3n) is 1.64. The van der Waals surface area contributed by atoms with Gasteiger partial charge in [-0.1, -0.05) is 11.6 Å². The summed E-state index contributed by atoms with van der Waals surface area (Å²) in [5, 5.41) is 2.51. The third kappa shape index (κ3) is 3.85. The number of rotatable bonds is 4. The van der Waals surface area contributed by atoms with Crippen LogP contribution in [-0.2, 0) is 9.53 Å². The zero-order valence-corrected chi connectivity index (χ0v) is 8.97. The molecule has 0 aliphatic heterocycles. The molecule has 0 saturated heterocycles. The zero-order chi connectivity index (χ0) is 11.3. The van der Waals surface area contributed by atoms with E-state index in [-0.39, 0.29) is 17.5 Å². The van der Waals surface area contributed by atoms with Gasteiger partial charge in [-0.25, -0.2) is 4.39 Å². The van der Waals surface area contributed by atoms with Crippen molar-refractivity contribution in [2.24, 2.45) is 0 Å². The van der Waals surface area contributed by atoms with Gasteiger partial charge >= 0.3 is 0 Å². The van der Waals surface area contributed by atoms with Crippen molar-refractivity contribution < 1.29 is 13.9 Å². The summed E-state index contributed by atoms with van der Waals surface area (Å²) in [6.45, 7) is 2.21. The van der Waals surface area contributed by atoms with Gasteiger partial charge in [0.15, 0.2) is 0 Å². The van der Waals surface area contributed by atoms with E-state index in [1.165, 1.54) is 12.1 Å². The van der Waals surface area contributed by atoms with Gasteiger partial charge in [0.25, 0.3) is 0 Å². The van der Waals surface area contributed by atoms with E-state index in [0.29, 0.717) is 12.3 Å². The SMILES string of the molecule is CCOCC(=O)Nc1ccc(Cl)c(F)c1. The van der Waals surface area contributed by atoms with E-state index >= 15 is 0 Å². The lowest BCUT2D eigenvalue weighted by atomic mass is 10.3. The second kappa shape index (κ2) is 5.68. The number of benzene rings is 1. The summed E-state index contributed by atoms with van der Waals surface area (Å²) in [6.07, 6.45) is 0. The summed E-state index contributed by atoms with van der Waals surface area (Å²) in [5.41, 5.74) is 0.363. The number of carbonyl (C=O) groups is 1. The van der Waals surface area contributed by atoms with E-state index < -0.39 is 5.82 Å². The predicted molar refractivity (Wildman–Crippen MR) is 56.5 cm³/mol. The van der Waals surface area contributed by atoms with E-state index in [4.69, 9.17) is 16.3 Å². The van der Waals surface area contributed by atoms with E-state index in [2.05, 4.69) is 5.32 Å². The summed E-state index contributed by atoms with van der Waals surface area (Å²) in [6, 6.07) is 4.06. The molecule has 0 spiro atoms. The number of carbonyl (C=O) groups excluding carboxylic acids is 1. The lowest BCUT2D eigenvalue weighted by Crippen LogP contribution is -2.18. The van der Waals surface area contributed by atoms with E-state index in [0.717, 1.165) is 6.07 Å². The Hall–Kier alpha value is -1.13. The molecule has 0 radical (unpaired) electrons. The first kappa shape index (κ1) is 11.9. The molecular weight excluding hydrogens is 221 g/mol. The average Bonchev–Trinajstić information content (AvgIpc) is 2.20. The molecule has 0 heterocycles. The maximum atomic E-state index is 13.0. The van der Waals surface area contributed by atoms with E-state index in [1.807, 2.05) is 0 Å². The Morgan fingerprint density at radius 2 is 2.33 bits per heavy atom. The Bertz CT molecular complexity index is 357. The van der Waals surface area contributed by atoms with Crippen LogP contribution in [0.2, 0.25) is 5.02 Å². The Morgan fingerprint density at radius 1 is 1.60 bits per heavy atom. The average molecular weight is 232 g/mol. The molecule has 1 aromatic rings. The molecule has 82 valence electrons. The van der Waals surface area contributed by atoms with Gasteiger partial charge in [0, 0.05) is 12.3 Å². The molecule has 1 rings (SSSR count). The van der Waals surface area contributed by atoms with Crippen molar-refractivity contribution in [2.75, 3.05) is 18.5 Å². The Labute approximate surface area is 92.2 Å². The summed E-state index contributed by atoms with van der Waals surface area (Å²) in [4.78, 5) is 11.2. The summed E-state index contributed by atoms with van der Waals surface area (Å²) in [5.74, 6) is -0.885. The molecule has 1 aromatic carbocycles. The highest BCUT2D eigenvalue weighted by Crippen LogP contribution is 2.18. The Kier molecular flexibility index (Phi) is 4.52. The standard InChI is InChI=1S/C10H11ClFNO2/c1-2-15-6-10(14)13-7-3-4-8(11)9(12)5-7/h3-5H,2,6H2,1H3,(H,13,14). The van der Waals surface area contributed by atoms with Crippen LogP contribution in [0.5, 0.6) is 0 Å². The minimum Gasteiger partial charge on any atom is -0.372 e. The topological polar surface area (TPSA) is 38.3 Å². The fourth-order valence-corrected chi connectivity index (χ4v) is 1.08. The monoisotopic (exact) mass is 231 g/mol. The van der Waals surface area contributed by atoms with Gasteiger partial charge in [0.2, 0.25) is 5.91 Å². The first-order valence-corrected chi connectivity index (χ1v) is 4.84. The van der Waals surface area contributed by atoms with Crippen LogP contribution in [0.3, 0.4) is 0 Å². The quantitative estimate of drug-likeness (QED) is 0.865. The molecule has 1 amide bonds. The van der Waals surface area contributed by atoms with Crippen molar-refractivity contribution >= 4 is 23.2 Å². The molecule has 3 nitrogen and oxygen atoms in total. The third-order valence-corrected chi connectivity index (χ3v) is 1.95. The fraction of sp³-hybridized carbons (Fsp3) is 0.300. The van der Waals surface area contributed by atoms with Gasteiger partial charge in [0.1, 0.15) is 12.4 Å². The van der Waals surface area contributed by atoms with Gasteiger partial charge < -0.3 is 10.1 Å². The molecule has 0 fully saturated rings. The molecule has 0 aliphatic rings. The van der Waals surface area contributed by atoms with Crippen LogP contribution in [0.4, 0.5) is 10.1 Å². The second-order valence-electron chi connectivity index (χ2n) is 2.81. The number of ether oxygens (including phenoxy) is 1. The molecule has 0 aromatic heterocycles.